The molecule has 0 N–H and O–H groups in total. The van der Waals surface area contributed by atoms with E-state index in [4.69, 9.17) is 0 Å². The van der Waals surface area contributed by atoms with Gasteiger partial charge in [0, 0.05) is 32.5 Å². The Bertz CT molecular complexity index is 660. The molecule has 0 amide bonds. The van der Waals surface area contributed by atoms with Gasteiger partial charge < -0.3 is 0 Å². The first-order chi connectivity index (χ1) is 12.4. The third-order valence-corrected chi connectivity index (χ3v) is 2.93. The molecule has 28 heavy (non-hydrogen) atoms. The van der Waals surface area contributed by atoms with E-state index in [1.165, 1.54) is 25.7 Å². The van der Waals surface area contributed by atoms with Crippen LogP contribution in [0.3, 0.4) is 0 Å². The van der Waals surface area contributed by atoms with Gasteiger partial charge in [-0.15, -0.1) is 0 Å². The van der Waals surface area contributed by atoms with Crippen LogP contribution in [-0.2, 0) is 20.1 Å². The van der Waals surface area contributed by atoms with E-state index in [2.05, 4.69) is 34.3 Å². The van der Waals surface area contributed by atoms with Crippen molar-refractivity contribution in [3.8, 4) is 11.4 Å². The smallest absolute Gasteiger partial charge is 0.0886 e. The minimum absolute atomic E-state index is 0. The van der Waals surface area contributed by atoms with Crippen LogP contribution >= 0.6 is 7.81 Å². The summed E-state index contributed by atoms with van der Waals surface area (Å²) in [5.41, 5.74) is 1.83. The number of rotatable bonds is 1. The molecule has 0 fully saturated rings. The zero-order valence-corrected chi connectivity index (χ0v) is 18.0. The van der Waals surface area contributed by atoms with Gasteiger partial charge in [-0.2, -0.15) is 0 Å². The molecule has 2 nitrogen and oxygen atoms in total. The average molecular weight is 602 g/mol. The van der Waals surface area contributed by atoms with E-state index in [1.807, 2.05) is 36.4 Å². The molecular weight excluding hydrogens is 581 g/mol. The Labute approximate surface area is 173 Å². The van der Waals surface area contributed by atoms with Crippen molar-refractivity contribution in [3.63, 3.8) is 0 Å². The number of hydrogen-bond acceptors (Lipinski definition) is 2. The molecule has 0 atom stereocenters. The van der Waals surface area contributed by atoms with E-state index in [9.17, 15) is 25.2 Å². The largest absolute Gasteiger partial charge is 0.255 e. The van der Waals surface area contributed by atoms with Crippen LogP contribution in [0.1, 0.15) is 25.7 Å². The van der Waals surface area contributed by atoms with E-state index in [0.717, 1.165) is 11.4 Å². The summed E-state index contributed by atoms with van der Waals surface area (Å²) in [6.07, 6.45) is 17.5. The quantitative estimate of drug-likeness (QED) is 0.187. The SMILES string of the molecule is C1=CCCC=CCC1.F[P-](F)(F)(F)(F)F.[Ir].c1ccc(-c2ccccn2)nc1. The monoisotopic (exact) mass is 602 g/mol. The topological polar surface area (TPSA) is 25.8 Å². The molecule has 1 aliphatic carbocycles. The summed E-state index contributed by atoms with van der Waals surface area (Å²) < 4.78 is 59.2. The van der Waals surface area contributed by atoms with E-state index < -0.39 is 7.81 Å². The maximum atomic E-state index is 9.87. The Morgan fingerprint density at radius 2 is 0.857 bits per heavy atom. The molecule has 0 aliphatic heterocycles. The molecule has 0 aromatic carbocycles. The zero-order valence-electron chi connectivity index (χ0n) is 14.7. The van der Waals surface area contributed by atoms with Gasteiger partial charge >= 0.3 is 33.0 Å². The third-order valence-electron chi connectivity index (χ3n) is 2.93. The summed E-state index contributed by atoms with van der Waals surface area (Å²) >= 11 is 0. The van der Waals surface area contributed by atoms with Crippen LogP contribution < -0.4 is 0 Å². The number of aromatic nitrogens is 2. The fourth-order valence-corrected chi connectivity index (χ4v) is 1.88. The fourth-order valence-electron chi connectivity index (χ4n) is 1.88. The number of pyridine rings is 2. The van der Waals surface area contributed by atoms with Gasteiger partial charge in [0.2, 0.25) is 0 Å². The van der Waals surface area contributed by atoms with Crippen LogP contribution in [0.2, 0.25) is 0 Å². The molecular formula is C18H20F6IrN2P-. The Morgan fingerprint density at radius 1 is 0.571 bits per heavy atom. The zero-order chi connectivity index (χ0) is 20.3. The van der Waals surface area contributed by atoms with E-state index in [1.54, 1.807) is 12.4 Å². The molecule has 2 aromatic heterocycles. The normalized spacial score (nSPS) is 15.6. The second kappa shape index (κ2) is 10.8. The van der Waals surface area contributed by atoms with Crippen molar-refractivity contribution in [1.29, 1.82) is 0 Å². The molecule has 1 radical (unpaired) electrons. The summed E-state index contributed by atoms with van der Waals surface area (Å²) in [5, 5.41) is 0. The molecule has 0 bridgehead atoms. The summed E-state index contributed by atoms with van der Waals surface area (Å²) in [6, 6.07) is 11.6. The maximum absolute atomic E-state index is 10.7. The first kappa shape index (κ1) is 26.4. The van der Waals surface area contributed by atoms with Gasteiger partial charge in [0.15, 0.2) is 0 Å². The Balaban J connectivity index is 0.000000405. The van der Waals surface area contributed by atoms with Crippen molar-refractivity contribution in [2.75, 3.05) is 0 Å². The summed E-state index contributed by atoms with van der Waals surface area (Å²) in [7, 11) is -10.7. The molecule has 10 heteroatoms. The second-order valence-corrected chi connectivity index (χ2v) is 7.40. The molecule has 3 rings (SSSR count). The van der Waals surface area contributed by atoms with Crippen LogP contribution in [0.25, 0.3) is 11.4 Å². The number of halogens is 6. The van der Waals surface area contributed by atoms with Crippen molar-refractivity contribution in [2.24, 2.45) is 0 Å². The van der Waals surface area contributed by atoms with Gasteiger partial charge in [0.05, 0.1) is 11.4 Å². The van der Waals surface area contributed by atoms with Gasteiger partial charge in [0.25, 0.3) is 0 Å². The molecule has 2 heterocycles. The van der Waals surface area contributed by atoms with Crippen LogP contribution in [0.4, 0.5) is 25.2 Å². The molecule has 0 saturated carbocycles. The van der Waals surface area contributed by atoms with Gasteiger partial charge in [-0.1, -0.05) is 36.4 Å². The molecule has 159 valence electrons. The standard InChI is InChI=1S/C10H8N2.C8H12.F6P.Ir/c1-3-7-11-9(5-1)10-6-2-4-8-12-10;1-2-4-6-8-7-5-3-1;1-7(2,3,4,5)6;/h1-8H;1-2,7-8H,3-6H2;;/q;;-1;. The van der Waals surface area contributed by atoms with Gasteiger partial charge in [-0.3, -0.25) is 9.97 Å². The van der Waals surface area contributed by atoms with Crippen LogP contribution in [0.15, 0.2) is 73.1 Å². The first-order valence-electron chi connectivity index (χ1n) is 8.10. The minimum atomic E-state index is -10.7. The van der Waals surface area contributed by atoms with Gasteiger partial charge in [-0.05, 0) is 49.9 Å². The predicted molar refractivity (Wildman–Crippen MR) is 97.8 cm³/mol. The van der Waals surface area contributed by atoms with Crippen molar-refractivity contribution < 1.29 is 45.3 Å². The summed E-state index contributed by atoms with van der Waals surface area (Å²) in [6.45, 7) is 0. The molecule has 0 spiro atoms. The average Bonchev–Trinajstić information content (AvgIpc) is 2.54. The summed E-state index contributed by atoms with van der Waals surface area (Å²) in [4.78, 5) is 8.37. The number of hydrogen-bond donors (Lipinski definition) is 0. The van der Waals surface area contributed by atoms with Gasteiger partial charge in [0.1, 0.15) is 0 Å². The molecule has 0 saturated heterocycles. The molecule has 1 aliphatic rings. The van der Waals surface area contributed by atoms with Crippen molar-refractivity contribution in [1.82, 2.24) is 9.97 Å². The molecule has 0 unspecified atom stereocenters. The van der Waals surface area contributed by atoms with Crippen LogP contribution in [0.5, 0.6) is 0 Å². The Hall–Kier alpha value is -1.56. The minimum Gasteiger partial charge on any atom is -0.255 e. The number of nitrogens with zero attached hydrogens (tertiary/aromatic N) is 2. The van der Waals surface area contributed by atoms with Crippen molar-refractivity contribution in [2.45, 2.75) is 25.7 Å². The van der Waals surface area contributed by atoms with Gasteiger partial charge in [-0.25, -0.2) is 0 Å². The second-order valence-electron chi connectivity index (χ2n) is 5.49. The van der Waals surface area contributed by atoms with Crippen molar-refractivity contribution in [3.05, 3.63) is 73.1 Å². The van der Waals surface area contributed by atoms with E-state index in [0.29, 0.717) is 0 Å². The number of allylic oxidation sites excluding steroid dienone is 4. The van der Waals surface area contributed by atoms with Crippen LogP contribution in [0, 0.1) is 0 Å². The summed E-state index contributed by atoms with van der Waals surface area (Å²) in [5.74, 6) is 0. The Morgan fingerprint density at radius 3 is 1.07 bits per heavy atom. The fraction of sp³-hybridized carbons (Fsp3) is 0.222. The molecule has 2 aromatic rings. The third kappa shape index (κ3) is 19.2. The maximum Gasteiger partial charge on any atom is 0.0886 e. The predicted octanol–water partition coefficient (Wildman–Crippen LogP) is 8.20. The van der Waals surface area contributed by atoms with Crippen molar-refractivity contribution >= 4 is 7.81 Å². The van der Waals surface area contributed by atoms with Crippen LogP contribution in [-0.4, -0.2) is 9.97 Å². The van der Waals surface area contributed by atoms with E-state index in [-0.39, 0.29) is 20.1 Å². The van der Waals surface area contributed by atoms with E-state index >= 15 is 0 Å². The Kier molecular flexibility index (Phi) is 10.2. The first-order valence-corrected chi connectivity index (χ1v) is 10.1.